The van der Waals surface area contributed by atoms with Crippen molar-refractivity contribution < 1.29 is 0 Å². The molecular weight excluding hydrogens is 138 g/mol. The maximum absolute atomic E-state index is 11.3. The molecule has 0 saturated heterocycles. The Kier molecular flexibility index (Phi) is 2.47. The summed E-state index contributed by atoms with van der Waals surface area (Å²) >= 11 is 0. The molecule has 2 nitrogen and oxygen atoms in total. The first kappa shape index (κ1) is 8.05. The molecule has 0 amide bonds. The predicted molar refractivity (Wildman–Crippen MR) is 45.7 cm³/mol. The van der Waals surface area contributed by atoms with Gasteiger partial charge in [0.25, 0.3) is 5.56 Å². The lowest BCUT2D eigenvalue weighted by molar-refractivity contribution is 0.811. The van der Waals surface area contributed by atoms with Crippen molar-refractivity contribution in [1.82, 2.24) is 4.57 Å². The molecule has 0 aliphatic heterocycles. The van der Waals surface area contributed by atoms with Crippen LogP contribution < -0.4 is 5.56 Å². The van der Waals surface area contributed by atoms with E-state index in [1.54, 1.807) is 17.8 Å². The van der Waals surface area contributed by atoms with E-state index in [9.17, 15) is 4.79 Å². The fraction of sp³-hybridized carbons (Fsp3) is 0.444. The number of aromatic nitrogens is 1. The van der Waals surface area contributed by atoms with Crippen LogP contribution in [0.2, 0.25) is 0 Å². The van der Waals surface area contributed by atoms with E-state index in [-0.39, 0.29) is 5.56 Å². The van der Waals surface area contributed by atoms with Gasteiger partial charge in [-0.2, -0.15) is 0 Å². The average Bonchev–Trinajstić information content (AvgIpc) is 1.99. The Morgan fingerprint density at radius 1 is 1.55 bits per heavy atom. The van der Waals surface area contributed by atoms with E-state index in [4.69, 9.17) is 0 Å². The SMILES string of the molecule is CCCc1cccn(C)c1=O. The highest BCUT2D eigenvalue weighted by Crippen LogP contribution is 1.94. The van der Waals surface area contributed by atoms with E-state index in [0.717, 1.165) is 18.4 Å². The first-order valence-electron chi connectivity index (χ1n) is 3.90. The molecule has 0 aliphatic carbocycles. The highest BCUT2D eigenvalue weighted by Gasteiger charge is 1.97. The van der Waals surface area contributed by atoms with Gasteiger partial charge in [0.2, 0.25) is 0 Å². The summed E-state index contributed by atoms with van der Waals surface area (Å²) in [6.45, 7) is 2.08. The third kappa shape index (κ3) is 1.70. The lowest BCUT2D eigenvalue weighted by atomic mass is 10.2. The molecule has 1 heterocycles. The van der Waals surface area contributed by atoms with Gasteiger partial charge in [-0.1, -0.05) is 19.4 Å². The van der Waals surface area contributed by atoms with E-state index in [1.165, 1.54) is 0 Å². The van der Waals surface area contributed by atoms with Gasteiger partial charge in [-0.3, -0.25) is 4.79 Å². The molecule has 0 saturated carbocycles. The minimum atomic E-state index is 0.134. The van der Waals surface area contributed by atoms with Gasteiger partial charge in [-0.05, 0) is 12.5 Å². The average molecular weight is 151 g/mol. The lowest BCUT2D eigenvalue weighted by Gasteiger charge is -1.99. The van der Waals surface area contributed by atoms with Crippen LogP contribution in [0.5, 0.6) is 0 Å². The Bertz CT molecular complexity index is 288. The minimum absolute atomic E-state index is 0.134. The molecule has 2 heteroatoms. The fourth-order valence-corrected chi connectivity index (χ4v) is 1.11. The summed E-state index contributed by atoms with van der Waals surface area (Å²) < 4.78 is 1.62. The predicted octanol–water partition coefficient (Wildman–Crippen LogP) is 1.34. The van der Waals surface area contributed by atoms with Crippen molar-refractivity contribution in [2.45, 2.75) is 19.8 Å². The van der Waals surface area contributed by atoms with Crippen molar-refractivity contribution in [3.63, 3.8) is 0 Å². The van der Waals surface area contributed by atoms with Crippen molar-refractivity contribution in [2.24, 2.45) is 7.05 Å². The summed E-state index contributed by atoms with van der Waals surface area (Å²) in [6, 6.07) is 3.80. The zero-order valence-corrected chi connectivity index (χ0v) is 7.00. The number of aryl methyl sites for hydroxylation is 2. The summed E-state index contributed by atoms with van der Waals surface area (Å²) in [5.41, 5.74) is 1.05. The van der Waals surface area contributed by atoms with Crippen molar-refractivity contribution in [2.75, 3.05) is 0 Å². The van der Waals surface area contributed by atoms with Gasteiger partial charge < -0.3 is 4.57 Å². The molecule has 60 valence electrons. The topological polar surface area (TPSA) is 22.0 Å². The normalized spacial score (nSPS) is 10.0. The second-order valence-electron chi connectivity index (χ2n) is 2.70. The van der Waals surface area contributed by atoms with Gasteiger partial charge in [-0.15, -0.1) is 0 Å². The highest BCUT2D eigenvalue weighted by molar-refractivity contribution is 5.09. The Hall–Kier alpha value is -1.05. The molecule has 0 aliphatic rings. The molecule has 0 atom stereocenters. The maximum Gasteiger partial charge on any atom is 0.253 e. The molecule has 11 heavy (non-hydrogen) atoms. The lowest BCUT2D eigenvalue weighted by Crippen LogP contribution is -2.19. The zero-order valence-electron chi connectivity index (χ0n) is 7.00. The number of hydrogen-bond donors (Lipinski definition) is 0. The van der Waals surface area contributed by atoms with Gasteiger partial charge >= 0.3 is 0 Å². The zero-order chi connectivity index (χ0) is 8.27. The second-order valence-corrected chi connectivity index (χ2v) is 2.70. The molecule has 0 unspecified atom stereocenters. The van der Waals surface area contributed by atoms with Crippen molar-refractivity contribution in [3.05, 3.63) is 34.2 Å². The van der Waals surface area contributed by atoms with Gasteiger partial charge in [0.15, 0.2) is 0 Å². The smallest absolute Gasteiger partial charge is 0.253 e. The minimum Gasteiger partial charge on any atom is -0.318 e. The van der Waals surface area contributed by atoms with Crippen LogP contribution in [-0.2, 0) is 13.5 Å². The van der Waals surface area contributed by atoms with E-state index in [0.29, 0.717) is 0 Å². The molecule has 0 aromatic carbocycles. The first-order valence-corrected chi connectivity index (χ1v) is 3.90. The molecule has 1 rings (SSSR count). The van der Waals surface area contributed by atoms with Crippen molar-refractivity contribution in [3.8, 4) is 0 Å². The Morgan fingerprint density at radius 2 is 2.27 bits per heavy atom. The molecule has 0 N–H and O–H groups in total. The summed E-state index contributed by atoms with van der Waals surface area (Å²) in [4.78, 5) is 11.3. The number of nitrogens with zero attached hydrogens (tertiary/aromatic N) is 1. The largest absolute Gasteiger partial charge is 0.318 e. The molecule has 0 fully saturated rings. The third-order valence-corrected chi connectivity index (χ3v) is 1.72. The Labute approximate surface area is 66.5 Å². The van der Waals surface area contributed by atoms with Gasteiger partial charge in [0, 0.05) is 18.8 Å². The molecule has 1 aromatic heterocycles. The summed E-state index contributed by atoms with van der Waals surface area (Å²) in [6.07, 6.45) is 3.69. The quantitative estimate of drug-likeness (QED) is 0.625. The molecule has 0 spiro atoms. The molecule has 0 radical (unpaired) electrons. The monoisotopic (exact) mass is 151 g/mol. The Morgan fingerprint density at radius 3 is 2.91 bits per heavy atom. The molecule has 0 bridgehead atoms. The van der Waals surface area contributed by atoms with Gasteiger partial charge in [-0.25, -0.2) is 0 Å². The van der Waals surface area contributed by atoms with Crippen molar-refractivity contribution >= 4 is 0 Å². The van der Waals surface area contributed by atoms with E-state index >= 15 is 0 Å². The van der Waals surface area contributed by atoms with Crippen LogP contribution in [0, 0.1) is 0 Å². The second kappa shape index (κ2) is 3.37. The summed E-state index contributed by atoms with van der Waals surface area (Å²) in [5.74, 6) is 0. The maximum atomic E-state index is 11.3. The number of pyridine rings is 1. The molecule has 1 aromatic rings. The van der Waals surface area contributed by atoms with Gasteiger partial charge in [0.1, 0.15) is 0 Å². The number of hydrogen-bond acceptors (Lipinski definition) is 1. The van der Waals surface area contributed by atoms with Gasteiger partial charge in [0.05, 0.1) is 0 Å². The van der Waals surface area contributed by atoms with Crippen LogP contribution in [0.4, 0.5) is 0 Å². The van der Waals surface area contributed by atoms with E-state index in [1.807, 2.05) is 12.1 Å². The summed E-state index contributed by atoms with van der Waals surface area (Å²) in [7, 11) is 1.78. The fourth-order valence-electron chi connectivity index (χ4n) is 1.11. The van der Waals surface area contributed by atoms with Crippen LogP contribution in [0.1, 0.15) is 18.9 Å². The van der Waals surface area contributed by atoms with Crippen molar-refractivity contribution in [1.29, 1.82) is 0 Å². The summed E-state index contributed by atoms with van der Waals surface area (Å²) in [5, 5.41) is 0. The van der Waals surface area contributed by atoms with Crippen LogP contribution in [-0.4, -0.2) is 4.57 Å². The van der Waals surface area contributed by atoms with Crippen LogP contribution in [0.3, 0.4) is 0 Å². The highest BCUT2D eigenvalue weighted by atomic mass is 16.1. The molecular formula is C9H13NO. The van der Waals surface area contributed by atoms with Crippen LogP contribution >= 0.6 is 0 Å². The van der Waals surface area contributed by atoms with E-state index < -0.39 is 0 Å². The Balaban J connectivity index is 3.07. The van der Waals surface area contributed by atoms with Crippen LogP contribution in [0.15, 0.2) is 23.1 Å². The first-order chi connectivity index (χ1) is 5.25. The van der Waals surface area contributed by atoms with Crippen LogP contribution in [0.25, 0.3) is 0 Å². The van der Waals surface area contributed by atoms with E-state index in [2.05, 4.69) is 6.92 Å². The third-order valence-electron chi connectivity index (χ3n) is 1.72. The number of rotatable bonds is 2. The standard InChI is InChI=1S/C9H13NO/c1-3-5-8-6-4-7-10(2)9(8)11/h4,6-7H,3,5H2,1-2H3.